The minimum atomic E-state index is -0.481. The van der Waals surface area contributed by atoms with Gasteiger partial charge >= 0.3 is 0 Å². The SMILES string of the molecule is CCCNC(=O)c1ccccc1NC(=O)/C(=C/c1cccc([N+](=O)[O-])c1)c1ccccc1. The lowest BCUT2D eigenvalue weighted by atomic mass is 10.0. The molecular weight excluding hydrogens is 406 g/mol. The van der Waals surface area contributed by atoms with Gasteiger partial charge in [-0.3, -0.25) is 19.7 Å². The molecule has 0 unspecified atom stereocenters. The number of carbonyl (C=O) groups excluding carboxylic acids is 2. The zero-order chi connectivity index (χ0) is 22.9. The second-order valence-corrected chi connectivity index (χ2v) is 7.03. The summed E-state index contributed by atoms with van der Waals surface area (Å²) in [4.78, 5) is 36.4. The molecule has 0 saturated carbocycles. The first-order valence-electron chi connectivity index (χ1n) is 10.2. The lowest BCUT2D eigenvalue weighted by Crippen LogP contribution is -2.26. The lowest BCUT2D eigenvalue weighted by molar-refractivity contribution is -0.384. The van der Waals surface area contributed by atoms with Crippen molar-refractivity contribution in [2.24, 2.45) is 0 Å². The number of nitro benzene ring substituents is 1. The zero-order valence-corrected chi connectivity index (χ0v) is 17.6. The fraction of sp³-hybridized carbons (Fsp3) is 0.120. The molecule has 3 rings (SSSR count). The van der Waals surface area contributed by atoms with E-state index >= 15 is 0 Å². The van der Waals surface area contributed by atoms with Crippen LogP contribution in [-0.2, 0) is 4.79 Å². The number of carbonyl (C=O) groups is 2. The van der Waals surface area contributed by atoms with Crippen molar-refractivity contribution in [3.05, 3.63) is 106 Å². The second kappa shape index (κ2) is 10.7. The number of nitrogens with one attached hydrogen (secondary N) is 2. The minimum Gasteiger partial charge on any atom is -0.352 e. The molecule has 3 aromatic rings. The van der Waals surface area contributed by atoms with Crippen molar-refractivity contribution < 1.29 is 14.5 Å². The van der Waals surface area contributed by atoms with E-state index in [1.54, 1.807) is 66.7 Å². The number of rotatable bonds is 8. The van der Waals surface area contributed by atoms with Gasteiger partial charge in [-0.05, 0) is 35.8 Å². The molecule has 0 atom stereocenters. The second-order valence-electron chi connectivity index (χ2n) is 7.03. The van der Waals surface area contributed by atoms with E-state index in [1.807, 2.05) is 13.0 Å². The van der Waals surface area contributed by atoms with Gasteiger partial charge in [-0.15, -0.1) is 0 Å². The molecule has 0 spiro atoms. The molecule has 2 amide bonds. The Morgan fingerprint density at radius 1 is 0.969 bits per heavy atom. The summed E-state index contributed by atoms with van der Waals surface area (Å²) in [6.07, 6.45) is 2.39. The lowest BCUT2D eigenvalue weighted by Gasteiger charge is -2.13. The number of benzene rings is 3. The molecule has 2 N–H and O–H groups in total. The number of hydrogen-bond donors (Lipinski definition) is 2. The summed E-state index contributed by atoms with van der Waals surface area (Å²) in [6.45, 7) is 2.49. The molecule has 0 heterocycles. The normalized spacial score (nSPS) is 11.0. The number of non-ortho nitro benzene ring substituents is 1. The Morgan fingerprint density at radius 3 is 2.41 bits per heavy atom. The third kappa shape index (κ3) is 5.66. The van der Waals surface area contributed by atoms with Crippen LogP contribution in [0.15, 0.2) is 78.9 Å². The molecule has 0 aromatic heterocycles. The first-order valence-corrected chi connectivity index (χ1v) is 10.2. The third-order valence-electron chi connectivity index (χ3n) is 4.68. The molecular formula is C25H23N3O4. The van der Waals surface area contributed by atoms with E-state index < -0.39 is 10.8 Å². The molecule has 0 saturated heterocycles. The number of nitro groups is 1. The number of amides is 2. The summed E-state index contributed by atoms with van der Waals surface area (Å²) in [5, 5.41) is 16.8. The molecule has 162 valence electrons. The van der Waals surface area contributed by atoms with E-state index in [1.165, 1.54) is 12.1 Å². The summed E-state index contributed by atoms with van der Waals surface area (Å²) in [5.74, 6) is -0.704. The highest BCUT2D eigenvalue weighted by atomic mass is 16.6. The van der Waals surface area contributed by atoms with Crippen LogP contribution in [0.5, 0.6) is 0 Å². The summed E-state index contributed by atoms with van der Waals surface area (Å²) >= 11 is 0. The van der Waals surface area contributed by atoms with Crippen LogP contribution in [0.25, 0.3) is 11.6 Å². The van der Waals surface area contributed by atoms with Crippen LogP contribution >= 0.6 is 0 Å². The van der Waals surface area contributed by atoms with E-state index in [2.05, 4.69) is 10.6 Å². The first kappa shape index (κ1) is 22.4. The maximum atomic E-state index is 13.3. The van der Waals surface area contributed by atoms with E-state index in [0.717, 1.165) is 6.42 Å². The van der Waals surface area contributed by atoms with Gasteiger partial charge in [0.05, 0.1) is 16.2 Å². The van der Waals surface area contributed by atoms with Crippen molar-refractivity contribution in [1.29, 1.82) is 0 Å². The molecule has 0 aliphatic rings. The highest BCUT2D eigenvalue weighted by Crippen LogP contribution is 2.24. The molecule has 0 aliphatic heterocycles. The van der Waals surface area contributed by atoms with Crippen molar-refractivity contribution in [2.45, 2.75) is 13.3 Å². The zero-order valence-electron chi connectivity index (χ0n) is 17.6. The molecule has 0 fully saturated rings. The fourth-order valence-corrected chi connectivity index (χ4v) is 3.11. The summed E-state index contributed by atoms with van der Waals surface area (Å²) in [7, 11) is 0. The van der Waals surface area contributed by atoms with E-state index in [4.69, 9.17) is 0 Å². The predicted molar refractivity (Wildman–Crippen MR) is 125 cm³/mol. The Bertz CT molecular complexity index is 1160. The Hall–Kier alpha value is -4.26. The largest absolute Gasteiger partial charge is 0.352 e. The van der Waals surface area contributed by atoms with Gasteiger partial charge in [0.25, 0.3) is 17.5 Å². The van der Waals surface area contributed by atoms with Crippen LogP contribution < -0.4 is 10.6 Å². The van der Waals surface area contributed by atoms with Crippen LogP contribution in [0.3, 0.4) is 0 Å². The molecule has 0 radical (unpaired) electrons. The molecule has 32 heavy (non-hydrogen) atoms. The van der Waals surface area contributed by atoms with Gasteiger partial charge in [-0.1, -0.05) is 61.5 Å². The fourth-order valence-electron chi connectivity index (χ4n) is 3.11. The maximum absolute atomic E-state index is 13.3. The summed E-state index contributed by atoms with van der Waals surface area (Å²) in [5.41, 5.74) is 2.15. The van der Waals surface area contributed by atoms with Crippen molar-refractivity contribution >= 4 is 34.8 Å². The Balaban J connectivity index is 1.97. The summed E-state index contributed by atoms with van der Waals surface area (Å²) < 4.78 is 0. The average molecular weight is 429 g/mol. The maximum Gasteiger partial charge on any atom is 0.270 e. The molecule has 3 aromatic carbocycles. The van der Waals surface area contributed by atoms with Crippen molar-refractivity contribution in [3.8, 4) is 0 Å². The van der Waals surface area contributed by atoms with E-state index in [-0.39, 0.29) is 11.6 Å². The van der Waals surface area contributed by atoms with Gasteiger partial charge in [0.15, 0.2) is 0 Å². The minimum absolute atomic E-state index is 0.0653. The van der Waals surface area contributed by atoms with E-state index in [0.29, 0.717) is 34.5 Å². The number of hydrogen-bond acceptors (Lipinski definition) is 4. The molecule has 7 heteroatoms. The van der Waals surface area contributed by atoms with Gasteiger partial charge in [-0.2, -0.15) is 0 Å². The van der Waals surface area contributed by atoms with Crippen LogP contribution in [0.2, 0.25) is 0 Å². The third-order valence-corrected chi connectivity index (χ3v) is 4.68. The van der Waals surface area contributed by atoms with Crippen molar-refractivity contribution in [1.82, 2.24) is 5.32 Å². The standard InChI is InChI=1S/C25H23N3O4/c1-2-15-26-24(29)21-13-6-7-14-23(21)27-25(30)22(19-10-4-3-5-11-19)17-18-9-8-12-20(16-18)28(31)32/h3-14,16-17H,2,15H2,1H3,(H,26,29)(H,27,30)/b22-17+. The number of nitrogens with zero attached hydrogens (tertiary/aromatic N) is 1. The molecule has 0 aliphatic carbocycles. The van der Waals surface area contributed by atoms with Crippen molar-refractivity contribution in [3.63, 3.8) is 0 Å². The molecule has 0 bridgehead atoms. The van der Waals surface area contributed by atoms with Crippen LogP contribution in [0.4, 0.5) is 11.4 Å². The van der Waals surface area contributed by atoms with Gasteiger partial charge < -0.3 is 10.6 Å². The van der Waals surface area contributed by atoms with Crippen LogP contribution in [-0.4, -0.2) is 23.3 Å². The van der Waals surface area contributed by atoms with E-state index in [9.17, 15) is 19.7 Å². The highest BCUT2D eigenvalue weighted by Gasteiger charge is 2.17. The average Bonchev–Trinajstić information content (AvgIpc) is 2.82. The first-order chi connectivity index (χ1) is 15.5. The van der Waals surface area contributed by atoms with Crippen LogP contribution in [0.1, 0.15) is 34.8 Å². The quantitative estimate of drug-likeness (QED) is 0.230. The van der Waals surface area contributed by atoms with Gasteiger partial charge in [-0.25, -0.2) is 0 Å². The van der Waals surface area contributed by atoms with Gasteiger partial charge in [0.2, 0.25) is 0 Å². The monoisotopic (exact) mass is 429 g/mol. The topological polar surface area (TPSA) is 101 Å². The van der Waals surface area contributed by atoms with Crippen molar-refractivity contribution in [2.75, 3.05) is 11.9 Å². The smallest absolute Gasteiger partial charge is 0.270 e. The molecule has 7 nitrogen and oxygen atoms in total. The highest BCUT2D eigenvalue weighted by molar-refractivity contribution is 6.29. The van der Waals surface area contributed by atoms with Gasteiger partial charge in [0.1, 0.15) is 0 Å². The Morgan fingerprint density at radius 2 is 1.69 bits per heavy atom. The van der Waals surface area contributed by atoms with Gasteiger partial charge in [0, 0.05) is 24.3 Å². The number of para-hydroxylation sites is 1. The van der Waals surface area contributed by atoms with Crippen LogP contribution in [0, 0.1) is 10.1 Å². The summed E-state index contributed by atoms with van der Waals surface area (Å²) in [6, 6.07) is 21.8. The Labute approximate surface area is 185 Å². The predicted octanol–water partition coefficient (Wildman–Crippen LogP) is 4.91. The number of anilines is 1. The Kier molecular flexibility index (Phi) is 7.48.